The summed E-state index contributed by atoms with van der Waals surface area (Å²) in [6.07, 6.45) is 17.6. The van der Waals surface area contributed by atoms with Gasteiger partial charge in [-0.25, -0.2) is 0 Å². The number of carbonyl (C=O) groups excluding carboxylic acids is 1. The average molecular weight is 518 g/mol. The van der Waals surface area contributed by atoms with E-state index in [1.54, 1.807) is 6.08 Å². The van der Waals surface area contributed by atoms with Gasteiger partial charge in [-0.1, -0.05) is 67.9 Å². The Balaban J connectivity index is 2.58. The highest BCUT2D eigenvalue weighted by atomic mass is 35.5. The van der Waals surface area contributed by atoms with Gasteiger partial charge in [0.15, 0.2) is 0 Å². The number of nitrogens with zero attached hydrogens (tertiary/aromatic N) is 1. The van der Waals surface area contributed by atoms with Gasteiger partial charge in [0.05, 0.1) is 0 Å². The third-order valence-electron chi connectivity index (χ3n) is 5.38. The lowest BCUT2D eigenvalue weighted by Gasteiger charge is -2.23. The summed E-state index contributed by atoms with van der Waals surface area (Å²) in [6.45, 7) is 12.2. The summed E-state index contributed by atoms with van der Waals surface area (Å²) >= 11 is 11.8. The summed E-state index contributed by atoms with van der Waals surface area (Å²) in [4.78, 5) is 14.5. The van der Waals surface area contributed by atoms with E-state index in [-0.39, 0.29) is 5.91 Å². The van der Waals surface area contributed by atoms with Crippen LogP contribution in [0, 0.1) is 5.92 Å². The number of rotatable bonds is 15. The van der Waals surface area contributed by atoms with E-state index in [2.05, 4.69) is 56.1 Å². The van der Waals surface area contributed by atoms with Crippen molar-refractivity contribution in [1.29, 1.82) is 0 Å². The number of amides is 1. The van der Waals surface area contributed by atoms with E-state index in [9.17, 15) is 4.79 Å². The summed E-state index contributed by atoms with van der Waals surface area (Å²) in [5.74, 6) is 1.68. The SMILES string of the molecule is CC(/C=C/C=C(\C)CCCC(C)C)=C\C=C\C(C)=C\C(=O)Nc1ccc(N(CCCl)CCCl)cc1. The van der Waals surface area contributed by atoms with Crippen molar-refractivity contribution in [2.75, 3.05) is 35.1 Å². The van der Waals surface area contributed by atoms with Gasteiger partial charge in [0.25, 0.3) is 0 Å². The minimum Gasteiger partial charge on any atom is -0.369 e. The first-order chi connectivity index (χ1) is 16.7. The van der Waals surface area contributed by atoms with E-state index >= 15 is 0 Å². The molecule has 0 saturated heterocycles. The Morgan fingerprint density at radius 2 is 1.54 bits per heavy atom. The molecular formula is C30H42Cl2N2O. The van der Waals surface area contributed by atoms with Crippen LogP contribution in [0.1, 0.15) is 53.9 Å². The fourth-order valence-electron chi connectivity index (χ4n) is 3.41. The Morgan fingerprint density at radius 1 is 0.943 bits per heavy atom. The van der Waals surface area contributed by atoms with Crippen LogP contribution in [0.25, 0.3) is 0 Å². The highest BCUT2D eigenvalue weighted by Gasteiger charge is 2.06. The lowest BCUT2D eigenvalue weighted by molar-refractivity contribution is -0.111. The van der Waals surface area contributed by atoms with Gasteiger partial charge in [-0.3, -0.25) is 4.79 Å². The lowest BCUT2D eigenvalue weighted by Crippen LogP contribution is -2.27. The zero-order chi connectivity index (χ0) is 26.1. The van der Waals surface area contributed by atoms with Crippen LogP contribution < -0.4 is 10.2 Å². The number of hydrogen-bond donors (Lipinski definition) is 1. The van der Waals surface area contributed by atoms with Crippen LogP contribution in [0.2, 0.25) is 0 Å². The fraction of sp³-hybridized carbons (Fsp3) is 0.433. The Morgan fingerprint density at radius 3 is 2.14 bits per heavy atom. The molecule has 0 aliphatic carbocycles. The maximum Gasteiger partial charge on any atom is 0.248 e. The average Bonchev–Trinajstić information content (AvgIpc) is 2.79. The van der Waals surface area contributed by atoms with Crippen LogP contribution in [0.5, 0.6) is 0 Å². The number of allylic oxidation sites excluding steroid dienone is 9. The van der Waals surface area contributed by atoms with Crippen LogP contribution in [-0.4, -0.2) is 30.8 Å². The predicted octanol–water partition coefficient (Wildman–Crippen LogP) is 8.69. The van der Waals surface area contributed by atoms with E-state index in [1.165, 1.54) is 18.4 Å². The molecule has 35 heavy (non-hydrogen) atoms. The molecule has 0 bridgehead atoms. The second-order valence-corrected chi connectivity index (χ2v) is 9.97. The number of nitrogens with one attached hydrogen (secondary N) is 1. The molecule has 0 saturated carbocycles. The van der Waals surface area contributed by atoms with Gasteiger partial charge in [-0.2, -0.15) is 0 Å². The predicted molar refractivity (Wildman–Crippen MR) is 157 cm³/mol. The topological polar surface area (TPSA) is 32.3 Å². The van der Waals surface area contributed by atoms with Gasteiger partial charge in [0.1, 0.15) is 0 Å². The van der Waals surface area contributed by atoms with Gasteiger partial charge in [-0.15, -0.1) is 23.2 Å². The van der Waals surface area contributed by atoms with Gasteiger partial charge in [-0.05, 0) is 69.4 Å². The van der Waals surface area contributed by atoms with E-state index in [0.717, 1.165) is 47.9 Å². The van der Waals surface area contributed by atoms with Crippen molar-refractivity contribution in [2.24, 2.45) is 5.92 Å². The normalized spacial score (nSPS) is 13.3. The standard InChI is InChI=1S/C30H42Cl2N2O/c1-24(2)9-6-10-25(3)11-7-12-26(4)13-8-14-27(5)23-30(35)33-28-15-17-29(18-16-28)34(21-19-31)22-20-32/h7-8,11-18,23-24H,6,9-10,19-22H2,1-5H3,(H,33,35)/b12-7+,14-8+,25-11+,26-13+,27-23+. The minimum atomic E-state index is -0.156. The maximum atomic E-state index is 12.4. The van der Waals surface area contributed by atoms with E-state index in [1.807, 2.05) is 49.4 Å². The van der Waals surface area contributed by atoms with Gasteiger partial charge in [0.2, 0.25) is 5.91 Å². The largest absolute Gasteiger partial charge is 0.369 e. The molecule has 3 nitrogen and oxygen atoms in total. The number of benzene rings is 1. The molecule has 0 aliphatic heterocycles. The van der Waals surface area contributed by atoms with Gasteiger partial charge < -0.3 is 10.2 Å². The van der Waals surface area contributed by atoms with Crippen molar-refractivity contribution in [3.63, 3.8) is 0 Å². The Labute approximate surface area is 223 Å². The van der Waals surface area contributed by atoms with Crippen molar-refractivity contribution in [1.82, 2.24) is 0 Å². The van der Waals surface area contributed by atoms with Crippen molar-refractivity contribution in [3.8, 4) is 0 Å². The molecule has 0 aromatic heterocycles. The third-order valence-corrected chi connectivity index (χ3v) is 5.72. The first-order valence-corrected chi connectivity index (χ1v) is 13.5. The number of alkyl halides is 2. The van der Waals surface area contributed by atoms with Crippen molar-refractivity contribution in [3.05, 3.63) is 83.5 Å². The number of carbonyl (C=O) groups is 1. The van der Waals surface area contributed by atoms with Gasteiger partial charge in [0, 0.05) is 42.3 Å². The molecule has 5 heteroatoms. The molecule has 0 unspecified atom stereocenters. The highest BCUT2D eigenvalue weighted by Crippen LogP contribution is 2.18. The van der Waals surface area contributed by atoms with Crippen molar-refractivity contribution >= 4 is 40.5 Å². The highest BCUT2D eigenvalue weighted by molar-refractivity contribution is 6.18. The molecule has 0 atom stereocenters. The summed E-state index contributed by atoms with van der Waals surface area (Å²) in [5.41, 5.74) is 5.22. The summed E-state index contributed by atoms with van der Waals surface area (Å²) in [7, 11) is 0. The Kier molecular flexibility index (Phi) is 15.9. The van der Waals surface area contributed by atoms with Crippen LogP contribution in [-0.2, 0) is 4.79 Å². The molecule has 0 aliphatic rings. The Hall–Kier alpha value is -2.23. The van der Waals surface area contributed by atoms with Crippen molar-refractivity contribution in [2.45, 2.75) is 53.9 Å². The molecule has 1 amide bonds. The number of halogens is 2. The second kappa shape index (κ2) is 18.1. The molecule has 192 valence electrons. The molecule has 0 heterocycles. The van der Waals surface area contributed by atoms with E-state index < -0.39 is 0 Å². The second-order valence-electron chi connectivity index (χ2n) is 9.22. The first kappa shape index (κ1) is 30.8. The number of anilines is 2. The lowest BCUT2D eigenvalue weighted by atomic mass is 10.0. The smallest absolute Gasteiger partial charge is 0.248 e. The van der Waals surface area contributed by atoms with Gasteiger partial charge >= 0.3 is 0 Å². The van der Waals surface area contributed by atoms with Crippen molar-refractivity contribution < 1.29 is 4.79 Å². The molecule has 0 radical (unpaired) electrons. The summed E-state index contributed by atoms with van der Waals surface area (Å²) in [6, 6.07) is 7.71. The molecular weight excluding hydrogens is 475 g/mol. The molecule has 1 rings (SSSR count). The molecule has 1 N–H and O–H groups in total. The quantitative estimate of drug-likeness (QED) is 0.143. The zero-order valence-electron chi connectivity index (χ0n) is 22.0. The molecule has 1 aromatic carbocycles. The molecule has 0 fully saturated rings. The monoisotopic (exact) mass is 516 g/mol. The zero-order valence-corrected chi connectivity index (χ0v) is 23.5. The summed E-state index contributed by atoms with van der Waals surface area (Å²) in [5, 5.41) is 2.91. The van der Waals surface area contributed by atoms with E-state index in [0.29, 0.717) is 11.8 Å². The third kappa shape index (κ3) is 14.7. The van der Waals surface area contributed by atoms with Crippen LogP contribution in [0.3, 0.4) is 0 Å². The maximum absolute atomic E-state index is 12.4. The van der Waals surface area contributed by atoms with Crippen LogP contribution in [0.4, 0.5) is 11.4 Å². The fourth-order valence-corrected chi connectivity index (χ4v) is 3.81. The minimum absolute atomic E-state index is 0.156. The first-order valence-electron chi connectivity index (χ1n) is 12.4. The summed E-state index contributed by atoms with van der Waals surface area (Å²) < 4.78 is 0. The van der Waals surface area contributed by atoms with Crippen LogP contribution in [0.15, 0.2) is 83.5 Å². The number of hydrogen-bond acceptors (Lipinski definition) is 2. The van der Waals surface area contributed by atoms with Crippen LogP contribution >= 0.6 is 23.2 Å². The molecule has 1 aromatic rings. The molecule has 0 spiro atoms. The Bertz CT molecular complexity index is 903. The van der Waals surface area contributed by atoms with E-state index in [4.69, 9.17) is 23.2 Å².